The van der Waals surface area contributed by atoms with Gasteiger partial charge in [0.25, 0.3) is 5.96 Å². The van der Waals surface area contributed by atoms with Crippen molar-refractivity contribution in [3.63, 3.8) is 0 Å². The molecule has 0 saturated heterocycles. The van der Waals surface area contributed by atoms with E-state index in [0.29, 0.717) is 18.0 Å². The number of hydrazine groups is 1. The van der Waals surface area contributed by atoms with Gasteiger partial charge in [-0.2, -0.15) is 0 Å². The third-order valence-electron chi connectivity index (χ3n) is 2.02. The van der Waals surface area contributed by atoms with Crippen molar-refractivity contribution in [1.29, 1.82) is 0 Å². The van der Waals surface area contributed by atoms with E-state index in [1.165, 1.54) is 0 Å². The summed E-state index contributed by atoms with van der Waals surface area (Å²) in [5.74, 6) is 0.367. The van der Waals surface area contributed by atoms with Gasteiger partial charge in [0.05, 0.1) is 12.3 Å². The van der Waals surface area contributed by atoms with Gasteiger partial charge in [0.15, 0.2) is 5.03 Å². The highest BCUT2D eigenvalue weighted by molar-refractivity contribution is 5.79. The van der Waals surface area contributed by atoms with Crippen LogP contribution in [0.25, 0.3) is 0 Å². The first-order chi connectivity index (χ1) is 8.56. The number of aliphatic imine (C=N–C) groups is 1. The first-order valence-corrected chi connectivity index (χ1v) is 5.27. The molecule has 0 saturated carbocycles. The van der Waals surface area contributed by atoms with Crippen LogP contribution in [0, 0.1) is 10.1 Å². The Morgan fingerprint density at radius 3 is 2.89 bits per heavy atom. The average molecular weight is 253 g/mol. The highest BCUT2D eigenvalue weighted by atomic mass is 16.7. The van der Waals surface area contributed by atoms with Gasteiger partial charge in [0.1, 0.15) is 5.75 Å². The van der Waals surface area contributed by atoms with E-state index in [4.69, 9.17) is 16.2 Å². The maximum Gasteiger partial charge on any atom is 0.256 e. The molecule has 0 spiro atoms. The molecule has 0 aliphatic rings. The molecule has 1 aromatic carbocycles. The number of nitrogens with two attached hydrogens (primary N) is 2. The number of ether oxygens (including phenoxy) is 1. The number of guanidine groups is 1. The molecule has 0 aliphatic carbocycles. The molecule has 98 valence electrons. The van der Waals surface area contributed by atoms with Gasteiger partial charge >= 0.3 is 0 Å². The molecule has 0 unspecified atom stereocenters. The summed E-state index contributed by atoms with van der Waals surface area (Å²) in [6, 6.07) is 5.00. The minimum Gasteiger partial charge on any atom is -0.494 e. The summed E-state index contributed by atoms with van der Waals surface area (Å²) in [4.78, 5) is 14.0. The van der Waals surface area contributed by atoms with Crippen LogP contribution in [0.2, 0.25) is 0 Å². The zero-order valence-electron chi connectivity index (χ0n) is 9.92. The first-order valence-electron chi connectivity index (χ1n) is 5.27. The lowest BCUT2D eigenvalue weighted by Gasteiger charge is -2.09. The molecule has 0 radical (unpaired) electrons. The van der Waals surface area contributed by atoms with Crippen LogP contribution in [0.15, 0.2) is 23.2 Å². The smallest absolute Gasteiger partial charge is 0.256 e. The average Bonchev–Trinajstić information content (AvgIpc) is 2.30. The fourth-order valence-corrected chi connectivity index (χ4v) is 1.35. The van der Waals surface area contributed by atoms with Crippen LogP contribution in [-0.2, 0) is 6.54 Å². The summed E-state index contributed by atoms with van der Waals surface area (Å²) in [5.41, 5.74) is 13.9. The molecule has 0 amide bonds. The number of nitro groups is 1. The highest BCUT2D eigenvalue weighted by Crippen LogP contribution is 2.24. The van der Waals surface area contributed by atoms with Gasteiger partial charge in [-0.1, -0.05) is 5.43 Å². The molecule has 0 atom stereocenters. The van der Waals surface area contributed by atoms with E-state index >= 15 is 0 Å². The van der Waals surface area contributed by atoms with Gasteiger partial charge in [0.2, 0.25) is 0 Å². The number of benzene rings is 1. The van der Waals surface area contributed by atoms with Crippen molar-refractivity contribution in [2.45, 2.75) is 13.5 Å². The molecular formula is C10H15N5O3. The Labute approximate surface area is 104 Å². The molecule has 0 bridgehead atoms. The molecule has 0 fully saturated rings. The van der Waals surface area contributed by atoms with Gasteiger partial charge in [-0.3, -0.25) is 0 Å². The van der Waals surface area contributed by atoms with Crippen molar-refractivity contribution in [3.8, 4) is 5.75 Å². The molecule has 8 nitrogen and oxygen atoms in total. The van der Waals surface area contributed by atoms with Crippen LogP contribution in [0.4, 0.5) is 5.69 Å². The Hall–Kier alpha value is -2.35. The third kappa shape index (κ3) is 3.91. The van der Waals surface area contributed by atoms with Crippen molar-refractivity contribution >= 4 is 11.6 Å². The molecule has 5 N–H and O–H groups in total. The standard InChI is InChI=1S/C10H15N5O3/c1-2-18-9-4-3-8(5-7(9)6-11)13-10(12)14-15(16)17/h3-5H,2,6,11H2,1H3,(H3,12,13,14). The summed E-state index contributed by atoms with van der Waals surface area (Å²) in [5, 5.41) is 9.38. The molecule has 8 heteroatoms. The van der Waals surface area contributed by atoms with E-state index in [0.717, 1.165) is 5.56 Å². The molecule has 1 rings (SSSR count). The van der Waals surface area contributed by atoms with Gasteiger partial charge in [-0.15, -0.1) is 0 Å². The van der Waals surface area contributed by atoms with Gasteiger partial charge < -0.3 is 16.2 Å². The first kappa shape index (κ1) is 13.7. The maximum atomic E-state index is 10.2. The molecule has 0 aromatic heterocycles. The Kier molecular flexibility index (Phi) is 4.88. The Bertz CT molecular complexity index is 461. The minimum absolute atomic E-state index is 0.279. The van der Waals surface area contributed by atoms with Crippen molar-refractivity contribution in [2.24, 2.45) is 16.5 Å². The summed E-state index contributed by atoms with van der Waals surface area (Å²) in [7, 11) is 0. The number of nitrogens with zero attached hydrogens (tertiary/aromatic N) is 2. The molecular weight excluding hydrogens is 238 g/mol. The van der Waals surface area contributed by atoms with Crippen LogP contribution in [0.3, 0.4) is 0 Å². The van der Waals surface area contributed by atoms with Gasteiger partial charge in [-0.05, 0) is 25.1 Å². The Morgan fingerprint density at radius 2 is 2.33 bits per heavy atom. The summed E-state index contributed by atoms with van der Waals surface area (Å²) in [6.45, 7) is 2.67. The summed E-state index contributed by atoms with van der Waals surface area (Å²) < 4.78 is 5.37. The zero-order valence-corrected chi connectivity index (χ0v) is 9.92. The van der Waals surface area contributed by atoms with Crippen molar-refractivity contribution < 1.29 is 9.77 Å². The number of nitrogens with one attached hydrogen (secondary N) is 1. The monoisotopic (exact) mass is 253 g/mol. The SMILES string of the molecule is CCOc1ccc(N=C(N)N[N+](=O)[O-])cc1CN. The minimum atomic E-state index is -0.781. The summed E-state index contributed by atoms with van der Waals surface area (Å²) >= 11 is 0. The van der Waals surface area contributed by atoms with E-state index in [-0.39, 0.29) is 12.5 Å². The predicted octanol–water partition coefficient (Wildman–Crippen LogP) is 0.272. The Morgan fingerprint density at radius 1 is 1.61 bits per heavy atom. The van der Waals surface area contributed by atoms with E-state index in [9.17, 15) is 10.1 Å². The maximum absolute atomic E-state index is 10.2. The largest absolute Gasteiger partial charge is 0.494 e. The lowest BCUT2D eigenvalue weighted by molar-refractivity contribution is -0.525. The normalized spacial score (nSPS) is 11.1. The van der Waals surface area contributed by atoms with E-state index in [1.54, 1.807) is 23.6 Å². The second-order valence-corrected chi connectivity index (χ2v) is 3.30. The second kappa shape index (κ2) is 6.40. The zero-order chi connectivity index (χ0) is 13.5. The van der Waals surface area contributed by atoms with Crippen LogP contribution in [0.5, 0.6) is 5.75 Å². The van der Waals surface area contributed by atoms with Crippen LogP contribution in [-0.4, -0.2) is 17.6 Å². The van der Waals surface area contributed by atoms with Gasteiger partial charge in [0, 0.05) is 12.1 Å². The number of hydrogen-bond acceptors (Lipinski definition) is 5. The molecule has 0 aliphatic heterocycles. The summed E-state index contributed by atoms with van der Waals surface area (Å²) in [6.07, 6.45) is 0. The van der Waals surface area contributed by atoms with Crippen molar-refractivity contribution in [2.75, 3.05) is 6.61 Å². The lowest BCUT2D eigenvalue weighted by Crippen LogP contribution is -2.35. The number of rotatable bonds is 5. The quantitative estimate of drug-likeness (QED) is 0.299. The molecule has 0 heterocycles. The van der Waals surface area contributed by atoms with Crippen LogP contribution < -0.4 is 21.6 Å². The fourth-order valence-electron chi connectivity index (χ4n) is 1.35. The van der Waals surface area contributed by atoms with E-state index in [2.05, 4.69) is 4.99 Å². The van der Waals surface area contributed by atoms with E-state index < -0.39 is 5.03 Å². The second-order valence-electron chi connectivity index (χ2n) is 3.30. The highest BCUT2D eigenvalue weighted by Gasteiger charge is 2.05. The molecule has 1 aromatic rings. The van der Waals surface area contributed by atoms with Gasteiger partial charge in [-0.25, -0.2) is 15.1 Å². The van der Waals surface area contributed by atoms with Crippen molar-refractivity contribution in [1.82, 2.24) is 5.43 Å². The number of hydrogen-bond donors (Lipinski definition) is 3. The fraction of sp³-hybridized carbons (Fsp3) is 0.300. The topological polar surface area (TPSA) is 129 Å². The predicted molar refractivity (Wildman–Crippen MR) is 66.9 cm³/mol. The van der Waals surface area contributed by atoms with Crippen LogP contribution >= 0.6 is 0 Å². The van der Waals surface area contributed by atoms with Crippen molar-refractivity contribution in [3.05, 3.63) is 33.9 Å². The third-order valence-corrected chi connectivity index (χ3v) is 2.02. The Balaban J connectivity index is 2.94. The lowest BCUT2D eigenvalue weighted by atomic mass is 10.2. The van der Waals surface area contributed by atoms with E-state index in [1.807, 2.05) is 6.92 Å². The molecule has 18 heavy (non-hydrogen) atoms. The van der Waals surface area contributed by atoms with Crippen LogP contribution in [0.1, 0.15) is 12.5 Å².